The van der Waals surface area contributed by atoms with Gasteiger partial charge < -0.3 is 11.1 Å². The van der Waals surface area contributed by atoms with E-state index < -0.39 is 10.0 Å². The van der Waals surface area contributed by atoms with Crippen molar-refractivity contribution in [2.45, 2.75) is 9.24 Å². The number of nitrogens with one attached hydrogen (secondary N) is 2. The fraction of sp³-hybridized carbons (Fsp3) is 0.0667. The van der Waals surface area contributed by atoms with Gasteiger partial charge in [0.25, 0.3) is 10.0 Å². The summed E-state index contributed by atoms with van der Waals surface area (Å²) in [6.45, 7) is 0. The average Bonchev–Trinajstić information content (AvgIpc) is 3.06. The third-order valence-corrected chi connectivity index (χ3v) is 6.36. The van der Waals surface area contributed by atoms with Crippen molar-refractivity contribution in [3.63, 3.8) is 0 Å². The van der Waals surface area contributed by atoms with Crippen LogP contribution >= 0.6 is 23.1 Å². The number of rotatable bonds is 7. The molecule has 4 N–H and O–H groups in total. The molecule has 3 aromatic rings. The van der Waals surface area contributed by atoms with E-state index >= 15 is 0 Å². The topological polar surface area (TPSA) is 140 Å². The van der Waals surface area contributed by atoms with E-state index in [2.05, 4.69) is 25.2 Å². The highest BCUT2D eigenvalue weighted by atomic mass is 32.2. The summed E-state index contributed by atoms with van der Waals surface area (Å²) < 4.78 is 27.7. The van der Waals surface area contributed by atoms with E-state index in [-0.39, 0.29) is 22.4 Å². The van der Waals surface area contributed by atoms with Crippen LogP contribution in [0, 0.1) is 0 Å². The second-order valence-electron chi connectivity index (χ2n) is 5.09. The number of carbonyl (C=O) groups excluding carboxylic acids is 1. The smallest absolute Gasteiger partial charge is 0.263 e. The van der Waals surface area contributed by atoms with Gasteiger partial charge in [0.1, 0.15) is 5.82 Å². The summed E-state index contributed by atoms with van der Waals surface area (Å²) in [6, 6.07) is 10.7. The van der Waals surface area contributed by atoms with Gasteiger partial charge >= 0.3 is 0 Å². The molecule has 0 spiro atoms. The number of thioether (sulfide) groups is 1. The van der Waals surface area contributed by atoms with Crippen LogP contribution in [0.25, 0.3) is 0 Å². The van der Waals surface area contributed by atoms with Crippen LogP contribution in [-0.4, -0.2) is 35.3 Å². The predicted molar refractivity (Wildman–Crippen MR) is 105 cm³/mol. The molecule has 0 bridgehead atoms. The number of benzene rings is 1. The molecule has 0 aliphatic heterocycles. The molecule has 140 valence electrons. The summed E-state index contributed by atoms with van der Waals surface area (Å²) in [4.78, 5) is 16.0. The highest BCUT2D eigenvalue weighted by Crippen LogP contribution is 2.23. The highest BCUT2D eigenvalue weighted by molar-refractivity contribution is 8.01. The van der Waals surface area contributed by atoms with Gasteiger partial charge in [0.15, 0.2) is 4.34 Å². The molecular weight excluding hydrogens is 408 g/mol. The molecule has 0 saturated heterocycles. The number of anilines is 3. The number of nitrogen functional groups attached to an aromatic ring is 1. The van der Waals surface area contributed by atoms with E-state index in [1.54, 1.807) is 18.2 Å². The number of amides is 1. The Morgan fingerprint density at radius 3 is 2.56 bits per heavy atom. The van der Waals surface area contributed by atoms with Crippen LogP contribution in [0.1, 0.15) is 0 Å². The van der Waals surface area contributed by atoms with Crippen LogP contribution in [-0.2, 0) is 14.8 Å². The Hall–Kier alpha value is -2.70. The fourth-order valence-corrected chi connectivity index (χ4v) is 4.38. The van der Waals surface area contributed by atoms with Crippen LogP contribution in [0.2, 0.25) is 0 Å². The maximum atomic E-state index is 12.3. The molecule has 2 heterocycles. The molecule has 0 unspecified atom stereocenters. The number of aromatic nitrogens is 3. The summed E-state index contributed by atoms with van der Waals surface area (Å²) in [6.07, 6.45) is 1.49. The lowest BCUT2D eigenvalue weighted by Crippen LogP contribution is -2.15. The summed E-state index contributed by atoms with van der Waals surface area (Å²) in [5, 5.41) is 10.5. The van der Waals surface area contributed by atoms with Crippen molar-refractivity contribution < 1.29 is 13.2 Å². The molecule has 0 saturated carbocycles. The Labute approximate surface area is 163 Å². The molecule has 0 radical (unpaired) electrons. The molecule has 1 aromatic carbocycles. The van der Waals surface area contributed by atoms with Crippen LogP contribution in [0.4, 0.5) is 16.6 Å². The normalized spacial score (nSPS) is 11.1. The minimum Gasteiger partial charge on any atom is -0.374 e. The van der Waals surface area contributed by atoms with Gasteiger partial charge in [0.05, 0.1) is 10.6 Å². The van der Waals surface area contributed by atoms with Crippen molar-refractivity contribution in [1.82, 2.24) is 15.2 Å². The van der Waals surface area contributed by atoms with Crippen molar-refractivity contribution in [2.75, 3.05) is 21.5 Å². The van der Waals surface area contributed by atoms with Crippen molar-refractivity contribution in [1.29, 1.82) is 0 Å². The van der Waals surface area contributed by atoms with Gasteiger partial charge in [-0.3, -0.25) is 9.52 Å². The van der Waals surface area contributed by atoms with Gasteiger partial charge in [-0.05, 0) is 36.4 Å². The first-order valence-electron chi connectivity index (χ1n) is 7.48. The lowest BCUT2D eigenvalue weighted by atomic mass is 10.3. The molecule has 0 fully saturated rings. The molecule has 9 nitrogen and oxygen atoms in total. The molecule has 0 atom stereocenters. The van der Waals surface area contributed by atoms with E-state index in [1.165, 1.54) is 53.6 Å². The van der Waals surface area contributed by atoms with Gasteiger partial charge in [0, 0.05) is 11.9 Å². The lowest BCUT2D eigenvalue weighted by molar-refractivity contribution is -0.113. The largest absolute Gasteiger partial charge is 0.374 e. The third-order valence-electron chi connectivity index (χ3n) is 3.10. The summed E-state index contributed by atoms with van der Waals surface area (Å²) in [5.74, 6) is 0.107. The minimum absolute atomic E-state index is 0.0601. The van der Waals surface area contributed by atoms with Crippen molar-refractivity contribution in [2.24, 2.45) is 0 Å². The number of nitrogens with two attached hydrogens (primary N) is 1. The van der Waals surface area contributed by atoms with E-state index in [4.69, 9.17) is 5.73 Å². The standard InChI is InChI=1S/C15H14N6O3S3/c16-14-19-20-15(26-14)25-9-13(22)18-10-4-6-11(7-5-10)27(23,24)21-12-3-1-2-8-17-12/h1-8H,9H2,(H2,16,19)(H,17,21)(H,18,22). The number of pyridine rings is 1. The monoisotopic (exact) mass is 422 g/mol. The van der Waals surface area contributed by atoms with Crippen LogP contribution < -0.4 is 15.8 Å². The van der Waals surface area contributed by atoms with Gasteiger partial charge in [-0.25, -0.2) is 13.4 Å². The van der Waals surface area contributed by atoms with Gasteiger partial charge in [-0.1, -0.05) is 29.2 Å². The zero-order valence-electron chi connectivity index (χ0n) is 13.7. The number of carbonyl (C=O) groups is 1. The first kappa shape index (κ1) is 19.1. The van der Waals surface area contributed by atoms with Crippen molar-refractivity contribution in [3.05, 3.63) is 48.7 Å². The van der Waals surface area contributed by atoms with Crippen molar-refractivity contribution >= 4 is 55.7 Å². The molecule has 27 heavy (non-hydrogen) atoms. The highest BCUT2D eigenvalue weighted by Gasteiger charge is 2.15. The van der Waals surface area contributed by atoms with Crippen LogP contribution in [0.5, 0.6) is 0 Å². The molecule has 0 aliphatic carbocycles. The van der Waals surface area contributed by atoms with Gasteiger partial charge in [-0.15, -0.1) is 10.2 Å². The Morgan fingerprint density at radius 1 is 1.15 bits per heavy atom. The number of sulfonamides is 1. The molecule has 1 amide bonds. The quantitative estimate of drug-likeness (QED) is 0.491. The van der Waals surface area contributed by atoms with E-state index in [1.807, 2.05) is 0 Å². The van der Waals surface area contributed by atoms with Gasteiger partial charge in [-0.2, -0.15) is 0 Å². The number of hydrogen-bond acceptors (Lipinski definition) is 9. The Bertz CT molecular complexity index is 1020. The molecule has 0 aliphatic rings. The Morgan fingerprint density at radius 2 is 1.93 bits per heavy atom. The SMILES string of the molecule is Nc1nnc(SCC(=O)Nc2ccc(S(=O)(=O)Nc3ccccn3)cc2)s1. The van der Waals surface area contributed by atoms with Gasteiger partial charge in [0.2, 0.25) is 11.0 Å². The van der Waals surface area contributed by atoms with E-state index in [0.717, 1.165) is 0 Å². The second kappa shape index (κ2) is 8.33. The average molecular weight is 423 g/mol. The Kier molecular flexibility index (Phi) is 5.88. The second-order valence-corrected chi connectivity index (χ2v) is 9.00. The van der Waals surface area contributed by atoms with E-state index in [0.29, 0.717) is 15.2 Å². The number of hydrogen-bond donors (Lipinski definition) is 3. The maximum absolute atomic E-state index is 12.3. The summed E-state index contributed by atoms with van der Waals surface area (Å²) in [5.41, 5.74) is 5.96. The maximum Gasteiger partial charge on any atom is 0.263 e. The zero-order chi connectivity index (χ0) is 19.3. The number of nitrogens with zero attached hydrogens (tertiary/aromatic N) is 3. The lowest BCUT2D eigenvalue weighted by Gasteiger charge is -2.08. The minimum atomic E-state index is -3.76. The van der Waals surface area contributed by atoms with Crippen LogP contribution in [0.3, 0.4) is 0 Å². The first-order valence-corrected chi connectivity index (χ1v) is 10.8. The van der Waals surface area contributed by atoms with Crippen molar-refractivity contribution in [3.8, 4) is 0 Å². The molecule has 2 aromatic heterocycles. The molecule has 3 rings (SSSR count). The van der Waals surface area contributed by atoms with E-state index in [9.17, 15) is 13.2 Å². The Balaban J connectivity index is 1.58. The zero-order valence-corrected chi connectivity index (χ0v) is 16.1. The fourth-order valence-electron chi connectivity index (χ4n) is 1.94. The summed E-state index contributed by atoms with van der Waals surface area (Å²) >= 11 is 2.42. The first-order chi connectivity index (χ1) is 12.9. The molecule has 12 heteroatoms. The van der Waals surface area contributed by atoms with Crippen LogP contribution in [0.15, 0.2) is 57.9 Å². The molecular formula is C15H14N6O3S3. The predicted octanol–water partition coefficient (Wildman–Crippen LogP) is 2.05. The summed E-state index contributed by atoms with van der Waals surface area (Å²) in [7, 11) is -3.76. The third kappa shape index (κ3) is 5.39.